The van der Waals surface area contributed by atoms with Crippen molar-refractivity contribution in [2.45, 2.75) is 11.4 Å². The summed E-state index contributed by atoms with van der Waals surface area (Å²) in [5.74, 6) is 1.09. The molecule has 0 spiro atoms. The number of thiazole rings is 1. The maximum Gasteiger partial charge on any atom is 0.226 e. The van der Waals surface area contributed by atoms with Crippen molar-refractivity contribution >= 4 is 44.4 Å². The zero-order valence-electron chi connectivity index (χ0n) is 20.0. The molecule has 1 amide bonds. The largest absolute Gasteiger partial charge is 0.497 e. The number of para-hydroxylation sites is 1. The predicted molar refractivity (Wildman–Crippen MR) is 150 cm³/mol. The summed E-state index contributed by atoms with van der Waals surface area (Å²) >= 11 is 2.85. The lowest BCUT2D eigenvalue weighted by Gasteiger charge is -2.13. The summed E-state index contributed by atoms with van der Waals surface area (Å²) < 4.78 is 6.32. The average Bonchev–Trinajstić information content (AvgIpc) is 3.35. The molecule has 6 nitrogen and oxygen atoms in total. The molecule has 0 saturated carbocycles. The maximum absolute atomic E-state index is 12.6. The minimum absolute atomic E-state index is 0.125. The highest BCUT2D eigenvalue weighted by Gasteiger charge is 2.17. The van der Waals surface area contributed by atoms with Gasteiger partial charge in [0.25, 0.3) is 0 Å². The first-order valence-corrected chi connectivity index (χ1v) is 13.4. The second kappa shape index (κ2) is 11.2. The van der Waals surface area contributed by atoms with E-state index in [1.54, 1.807) is 7.11 Å². The van der Waals surface area contributed by atoms with Crippen LogP contribution in [0.3, 0.4) is 0 Å². The summed E-state index contributed by atoms with van der Waals surface area (Å²) in [5.41, 5.74) is 4.77. The summed E-state index contributed by atoms with van der Waals surface area (Å²) in [6, 6.07) is 29.5. The number of nitrogens with one attached hydrogen (secondary N) is 1. The van der Waals surface area contributed by atoms with Gasteiger partial charge < -0.3 is 10.1 Å². The number of rotatable bonds is 8. The van der Waals surface area contributed by atoms with Gasteiger partial charge in [0.05, 0.1) is 28.6 Å². The van der Waals surface area contributed by atoms with E-state index in [-0.39, 0.29) is 12.3 Å². The summed E-state index contributed by atoms with van der Waals surface area (Å²) in [6.45, 7) is 0. The van der Waals surface area contributed by atoms with Gasteiger partial charge in [0.2, 0.25) is 5.91 Å². The number of amides is 1. The average molecular weight is 523 g/mol. The van der Waals surface area contributed by atoms with Gasteiger partial charge in [-0.3, -0.25) is 4.79 Å². The fourth-order valence-corrected chi connectivity index (χ4v) is 5.66. The molecule has 0 saturated heterocycles. The van der Waals surface area contributed by atoms with Gasteiger partial charge in [0.1, 0.15) is 16.8 Å². The summed E-state index contributed by atoms with van der Waals surface area (Å²) in [5, 5.41) is 14.2. The van der Waals surface area contributed by atoms with Crippen LogP contribution in [-0.4, -0.2) is 28.7 Å². The number of aromatic nitrogens is 2. The fourth-order valence-electron chi connectivity index (χ4n) is 3.84. The van der Waals surface area contributed by atoms with Crippen LogP contribution in [0, 0.1) is 11.3 Å². The smallest absolute Gasteiger partial charge is 0.226 e. The zero-order chi connectivity index (χ0) is 25.6. The van der Waals surface area contributed by atoms with E-state index >= 15 is 0 Å². The quantitative estimate of drug-likeness (QED) is 0.220. The molecule has 8 heteroatoms. The van der Waals surface area contributed by atoms with Gasteiger partial charge in [-0.15, -0.1) is 11.8 Å². The third-order valence-corrected chi connectivity index (χ3v) is 7.61. The van der Waals surface area contributed by atoms with Crippen molar-refractivity contribution in [3.8, 4) is 34.2 Å². The lowest BCUT2D eigenvalue weighted by atomic mass is 9.99. The Labute approximate surface area is 223 Å². The Balaban J connectivity index is 1.38. The molecule has 0 fully saturated rings. The van der Waals surface area contributed by atoms with Crippen molar-refractivity contribution in [1.82, 2.24) is 9.97 Å². The number of pyridine rings is 1. The number of nitrogens with zero attached hydrogens (tertiary/aromatic N) is 3. The van der Waals surface area contributed by atoms with Gasteiger partial charge in [-0.05, 0) is 35.9 Å². The van der Waals surface area contributed by atoms with E-state index in [0.717, 1.165) is 38.4 Å². The molecule has 0 bridgehead atoms. The molecule has 3 aromatic carbocycles. The van der Waals surface area contributed by atoms with Gasteiger partial charge >= 0.3 is 0 Å². The number of benzene rings is 3. The second-order valence-corrected chi connectivity index (χ2v) is 10.2. The zero-order valence-corrected chi connectivity index (χ0v) is 21.6. The molecule has 5 rings (SSSR count). The highest BCUT2D eigenvalue weighted by Crippen LogP contribution is 2.35. The predicted octanol–water partition coefficient (Wildman–Crippen LogP) is 7.03. The van der Waals surface area contributed by atoms with Crippen LogP contribution < -0.4 is 10.1 Å². The van der Waals surface area contributed by atoms with Crippen LogP contribution in [0.4, 0.5) is 5.13 Å². The van der Waals surface area contributed by atoms with E-state index in [0.29, 0.717) is 21.5 Å². The van der Waals surface area contributed by atoms with Crippen molar-refractivity contribution in [2.24, 2.45) is 0 Å². The van der Waals surface area contributed by atoms with Gasteiger partial charge in [-0.1, -0.05) is 65.9 Å². The van der Waals surface area contributed by atoms with Crippen molar-refractivity contribution in [1.29, 1.82) is 5.26 Å². The molecule has 182 valence electrons. The Morgan fingerprint density at radius 3 is 2.49 bits per heavy atom. The second-order valence-electron chi connectivity index (χ2n) is 8.07. The number of carbonyl (C=O) groups excluding carboxylic acids is 1. The van der Waals surface area contributed by atoms with Crippen LogP contribution >= 0.6 is 23.1 Å². The Kier molecular flexibility index (Phi) is 7.45. The van der Waals surface area contributed by atoms with Crippen LogP contribution in [0.1, 0.15) is 12.0 Å². The molecule has 0 radical (unpaired) electrons. The third-order valence-electron chi connectivity index (χ3n) is 5.68. The molecular weight excluding hydrogens is 500 g/mol. The number of carbonyl (C=O) groups is 1. The lowest BCUT2D eigenvalue weighted by Crippen LogP contribution is -2.12. The molecule has 5 aromatic rings. The van der Waals surface area contributed by atoms with E-state index in [2.05, 4.69) is 16.4 Å². The van der Waals surface area contributed by atoms with Crippen LogP contribution in [0.15, 0.2) is 90.0 Å². The monoisotopic (exact) mass is 522 g/mol. The van der Waals surface area contributed by atoms with Crippen molar-refractivity contribution in [2.75, 3.05) is 18.2 Å². The first-order valence-electron chi connectivity index (χ1n) is 11.6. The number of fused-ring (bicyclic) bond motifs is 1. The number of thioether (sulfide) groups is 1. The van der Waals surface area contributed by atoms with Gasteiger partial charge in [-0.25, -0.2) is 9.97 Å². The van der Waals surface area contributed by atoms with Gasteiger partial charge in [-0.2, -0.15) is 5.26 Å². The van der Waals surface area contributed by atoms with E-state index in [9.17, 15) is 10.1 Å². The number of nitriles is 1. The highest BCUT2D eigenvalue weighted by molar-refractivity contribution is 7.99. The number of ether oxygens (including phenoxy) is 1. The molecule has 0 aliphatic rings. The van der Waals surface area contributed by atoms with Gasteiger partial charge in [0, 0.05) is 23.3 Å². The molecule has 1 N–H and O–H groups in total. The van der Waals surface area contributed by atoms with E-state index < -0.39 is 0 Å². The number of methoxy groups -OCH3 is 1. The Hall–Kier alpha value is -4.19. The summed E-state index contributed by atoms with van der Waals surface area (Å²) in [4.78, 5) is 21.9. The Morgan fingerprint density at radius 1 is 1.00 bits per heavy atom. The topological polar surface area (TPSA) is 87.9 Å². The molecule has 2 heterocycles. The van der Waals surface area contributed by atoms with E-state index in [1.165, 1.54) is 23.1 Å². The van der Waals surface area contributed by atoms with Crippen LogP contribution in [0.2, 0.25) is 0 Å². The number of anilines is 1. The first kappa shape index (κ1) is 24.5. The minimum Gasteiger partial charge on any atom is -0.497 e. The van der Waals surface area contributed by atoms with Crippen molar-refractivity contribution in [3.63, 3.8) is 0 Å². The fraction of sp³-hybridized carbons (Fsp3) is 0.103. The molecule has 0 aliphatic heterocycles. The molecule has 37 heavy (non-hydrogen) atoms. The normalized spacial score (nSPS) is 10.7. The number of hydrogen-bond donors (Lipinski definition) is 1. The summed E-state index contributed by atoms with van der Waals surface area (Å²) in [7, 11) is 1.62. The van der Waals surface area contributed by atoms with Crippen LogP contribution in [0.25, 0.3) is 32.6 Å². The minimum atomic E-state index is -0.125. The molecule has 0 atom stereocenters. The lowest BCUT2D eigenvalue weighted by molar-refractivity contribution is -0.115. The molecular formula is C29H22N4O2S2. The standard InChI is InChI=1S/C29H22N4O2S2/c1-35-21-13-11-19(12-14-21)22-17-25(20-7-3-2-4-8-20)31-28(23(22)18-30)36-16-15-27(34)33-29-32-24-9-5-6-10-26(24)37-29/h2-14,17H,15-16H2,1H3,(H,32,33,34). The maximum atomic E-state index is 12.6. The van der Waals surface area contributed by atoms with Crippen LogP contribution in [-0.2, 0) is 4.79 Å². The SMILES string of the molecule is COc1ccc(-c2cc(-c3ccccc3)nc(SCCC(=O)Nc3nc4ccccc4s3)c2C#N)cc1. The number of hydrogen-bond acceptors (Lipinski definition) is 7. The highest BCUT2D eigenvalue weighted by atomic mass is 32.2. The van der Waals surface area contributed by atoms with Crippen LogP contribution in [0.5, 0.6) is 5.75 Å². The molecule has 0 unspecified atom stereocenters. The van der Waals surface area contributed by atoms with Crippen molar-refractivity contribution < 1.29 is 9.53 Å². The van der Waals surface area contributed by atoms with Crippen molar-refractivity contribution in [3.05, 3.63) is 90.5 Å². The Morgan fingerprint density at radius 2 is 1.76 bits per heavy atom. The first-order chi connectivity index (χ1) is 18.1. The molecule has 0 aliphatic carbocycles. The van der Waals surface area contributed by atoms with E-state index in [1.807, 2.05) is 84.9 Å². The van der Waals surface area contributed by atoms with E-state index in [4.69, 9.17) is 9.72 Å². The third kappa shape index (κ3) is 5.64. The summed E-state index contributed by atoms with van der Waals surface area (Å²) in [6.07, 6.45) is 0.264. The Bertz CT molecular complexity index is 1560. The molecule has 2 aromatic heterocycles. The van der Waals surface area contributed by atoms with Gasteiger partial charge in [0.15, 0.2) is 5.13 Å².